The van der Waals surface area contributed by atoms with E-state index in [1.54, 1.807) is 55.6 Å². The zero-order valence-electron chi connectivity index (χ0n) is 16.3. The molecular formula is C22H19Cl2NO4S. The number of aliphatic imine (C=N–C) groups is 1. The van der Waals surface area contributed by atoms with Crippen molar-refractivity contribution >= 4 is 45.2 Å². The van der Waals surface area contributed by atoms with Crippen molar-refractivity contribution in [1.29, 1.82) is 0 Å². The lowest BCUT2D eigenvalue weighted by molar-refractivity contribution is 0.327. The molecule has 0 aromatic heterocycles. The number of hydrogen-bond donors (Lipinski definition) is 0. The Balaban J connectivity index is 1.96. The van der Waals surface area contributed by atoms with Crippen molar-refractivity contribution in [2.75, 3.05) is 6.61 Å². The first kappa shape index (κ1) is 22.2. The van der Waals surface area contributed by atoms with Crippen molar-refractivity contribution < 1.29 is 17.3 Å². The van der Waals surface area contributed by atoms with Gasteiger partial charge in [0.25, 0.3) is 0 Å². The van der Waals surface area contributed by atoms with Crippen LogP contribution in [-0.2, 0) is 10.1 Å². The Kier molecular flexibility index (Phi) is 7.02. The van der Waals surface area contributed by atoms with Gasteiger partial charge < -0.3 is 8.92 Å². The largest absolute Gasteiger partial charge is 0.490 e. The van der Waals surface area contributed by atoms with E-state index < -0.39 is 10.1 Å². The van der Waals surface area contributed by atoms with Gasteiger partial charge in [0.15, 0.2) is 5.75 Å². The molecule has 5 nitrogen and oxygen atoms in total. The molecule has 0 aliphatic rings. The van der Waals surface area contributed by atoms with Gasteiger partial charge in [-0.1, -0.05) is 47.5 Å². The third-order valence-electron chi connectivity index (χ3n) is 4.08. The Bertz CT molecular complexity index is 1180. The molecule has 0 spiro atoms. The van der Waals surface area contributed by atoms with Gasteiger partial charge in [-0.25, -0.2) is 0 Å². The summed E-state index contributed by atoms with van der Waals surface area (Å²) < 4.78 is 36.1. The van der Waals surface area contributed by atoms with Gasteiger partial charge >= 0.3 is 10.1 Å². The van der Waals surface area contributed by atoms with E-state index in [0.29, 0.717) is 22.9 Å². The van der Waals surface area contributed by atoms with Crippen LogP contribution in [-0.4, -0.2) is 21.2 Å². The maximum Gasteiger partial charge on any atom is 0.339 e. The van der Waals surface area contributed by atoms with Gasteiger partial charge in [-0.05, 0) is 61.4 Å². The molecule has 0 saturated heterocycles. The quantitative estimate of drug-likeness (QED) is 0.308. The first-order valence-corrected chi connectivity index (χ1v) is 11.2. The molecule has 0 aliphatic heterocycles. The second kappa shape index (κ2) is 9.51. The Morgan fingerprint density at radius 3 is 2.47 bits per heavy atom. The molecular weight excluding hydrogens is 445 g/mol. The van der Waals surface area contributed by atoms with Crippen LogP contribution in [0.4, 0.5) is 5.69 Å². The van der Waals surface area contributed by atoms with Crippen LogP contribution >= 0.6 is 23.2 Å². The molecule has 0 saturated carbocycles. The average Bonchev–Trinajstić information content (AvgIpc) is 2.72. The molecule has 0 radical (unpaired) electrons. The number of rotatable bonds is 7. The Hall–Kier alpha value is -2.54. The zero-order valence-corrected chi connectivity index (χ0v) is 18.6. The predicted molar refractivity (Wildman–Crippen MR) is 120 cm³/mol. The van der Waals surface area contributed by atoms with Crippen molar-refractivity contribution in [3.8, 4) is 11.5 Å². The Morgan fingerprint density at radius 1 is 1.03 bits per heavy atom. The lowest BCUT2D eigenvalue weighted by atomic mass is 10.2. The summed E-state index contributed by atoms with van der Waals surface area (Å²) in [7, 11) is -4.07. The topological polar surface area (TPSA) is 65.0 Å². The normalized spacial score (nSPS) is 11.6. The zero-order chi connectivity index (χ0) is 21.7. The maximum absolute atomic E-state index is 12.6. The van der Waals surface area contributed by atoms with Crippen LogP contribution in [0.25, 0.3) is 0 Å². The van der Waals surface area contributed by atoms with E-state index >= 15 is 0 Å². The van der Waals surface area contributed by atoms with E-state index in [9.17, 15) is 8.42 Å². The summed E-state index contributed by atoms with van der Waals surface area (Å²) >= 11 is 12.4. The SMILES string of the molecule is CCOc1cc(C=Nc2cc(Cl)ccc2C)cc(Cl)c1OS(=O)(=O)c1ccccc1. The molecule has 0 amide bonds. The maximum atomic E-state index is 12.6. The van der Waals surface area contributed by atoms with Crippen molar-refractivity contribution in [2.24, 2.45) is 4.99 Å². The smallest absolute Gasteiger partial charge is 0.339 e. The fourth-order valence-corrected chi connectivity index (χ4v) is 4.06. The highest BCUT2D eigenvalue weighted by Crippen LogP contribution is 2.38. The highest BCUT2D eigenvalue weighted by molar-refractivity contribution is 7.87. The number of hydrogen-bond acceptors (Lipinski definition) is 5. The van der Waals surface area contributed by atoms with Crippen LogP contribution in [0, 0.1) is 6.92 Å². The predicted octanol–water partition coefficient (Wildman–Crippen LogP) is 6.22. The van der Waals surface area contributed by atoms with Gasteiger partial charge in [0, 0.05) is 11.2 Å². The van der Waals surface area contributed by atoms with Crippen LogP contribution in [0.5, 0.6) is 11.5 Å². The van der Waals surface area contributed by atoms with Crippen LogP contribution < -0.4 is 8.92 Å². The molecule has 0 aliphatic carbocycles. The van der Waals surface area contributed by atoms with Crippen LogP contribution in [0.1, 0.15) is 18.1 Å². The van der Waals surface area contributed by atoms with Gasteiger partial charge in [-0.15, -0.1) is 0 Å². The fourth-order valence-electron chi connectivity index (χ4n) is 2.62. The molecule has 0 heterocycles. The van der Waals surface area contributed by atoms with Gasteiger partial charge in [0.2, 0.25) is 5.75 Å². The molecule has 3 aromatic carbocycles. The second-order valence-corrected chi connectivity index (χ2v) is 8.69. The second-order valence-electron chi connectivity index (χ2n) is 6.30. The van der Waals surface area contributed by atoms with Gasteiger partial charge in [0.1, 0.15) is 4.90 Å². The number of aryl methyl sites for hydroxylation is 1. The number of halogens is 2. The molecule has 0 N–H and O–H groups in total. The van der Waals surface area contributed by atoms with E-state index in [4.69, 9.17) is 32.1 Å². The van der Waals surface area contributed by atoms with E-state index in [1.165, 1.54) is 12.1 Å². The fraction of sp³-hybridized carbons (Fsp3) is 0.136. The number of benzene rings is 3. The molecule has 0 bridgehead atoms. The summed E-state index contributed by atoms with van der Waals surface area (Å²) in [6.07, 6.45) is 1.60. The number of ether oxygens (including phenoxy) is 1. The minimum Gasteiger partial charge on any atom is -0.490 e. The van der Waals surface area contributed by atoms with Gasteiger partial charge in [-0.2, -0.15) is 8.42 Å². The van der Waals surface area contributed by atoms with Crippen molar-refractivity contribution in [1.82, 2.24) is 0 Å². The van der Waals surface area contributed by atoms with E-state index in [0.717, 1.165) is 5.56 Å². The molecule has 0 fully saturated rings. The Morgan fingerprint density at radius 2 is 1.77 bits per heavy atom. The molecule has 156 valence electrons. The van der Waals surface area contributed by atoms with Crippen molar-refractivity contribution in [3.63, 3.8) is 0 Å². The van der Waals surface area contributed by atoms with Crippen molar-refractivity contribution in [3.05, 3.63) is 81.8 Å². The number of nitrogens with zero attached hydrogens (tertiary/aromatic N) is 1. The summed E-state index contributed by atoms with van der Waals surface area (Å²) in [6.45, 7) is 4.00. The third kappa shape index (κ3) is 5.33. The summed E-state index contributed by atoms with van der Waals surface area (Å²) in [5.41, 5.74) is 2.29. The molecule has 0 unspecified atom stereocenters. The van der Waals surface area contributed by atoms with Gasteiger partial charge in [0.05, 0.1) is 17.3 Å². The first-order valence-electron chi connectivity index (χ1n) is 9.06. The van der Waals surface area contributed by atoms with E-state index in [2.05, 4.69) is 4.99 Å². The summed E-state index contributed by atoms with van der Waals surface area (Å²) in [6, 6.07) is 16.4. The summed E-state index contributed by atoms with van der Waals surface area (Å²) in [4.78, 5) is 4.47. The minimum atomic E-state index is -4.07. The van der Waals surface area contributed by atoms with Crippen LogP contribution in [0.3, 0.4) is 0 Å². The summed E-state index contributed by atoms with van der Waals surface area (Å²) in [5, 5.41) is 0.667. The van der Waals surface area contributed by atoms with Gasteiger partial charge in [-0.3, -0.25) is 4.99 Å². The van der Waals surface area contributed by atoms with E-state index in [-0.39, 0.29) is 21.4 Å². The molecule has 3 aromatic rings. The molecule has 30 heavy (non-hydrogen) atoms. The lowest BCUT2D eigenvalue weighted by Crippen LogP contribution is -2.11. The van der Waals surface area contributed by atoms with Crippen LogP contribution in [0.2, 0.25) is 10.0 Å². The molecule has 3 rings (SSSR count). The third-order valence-corrected chi connectivity index (χ3v) is 5.83. The minimum absolute atomic E-state index is 0.0191. The average molecular weight is 464 g/mol. The monoisotopic (exact) mass is 463 g/mol. The molecule has 8 heteroatoms. The summed E-state index contributed by atoms with van der Waals surface area (Å²) in [5.74, 6) is 0.132. The lowest BCUT2D eigenvalue weighted by Gasteiger charge is -2.14. The van der Waals surface area contributed by atoms with E-state index in [1.807, 2.05) is 13.0 Å². The standard InChI is InChI=1S/C22H19Cl2NO4S/c1-3-28-21-12-16(14-25-20-13-17(23)10-9-15(20)2)11-19(24)22(21)29-30(26,27)18-7-5-4-6-8-18/h4-14H,3H2,1-2H3. The Labute approximate surface area is 186 Å². The van der Waals surface area contributed by atoms with Crippen molar-refractivity contribution in [2.45, 2.75) is 18.7 Å². The highest BCUT2D eigenvalue weighted by atomic mass is 35.5. The highest BCUT2D eigenvalue weighted by Gasteiger charge is 2.22. The molecule has 0 atom stereocenters. The first-order chi connectivity index (χ1) is 14.3. The van der Waals surface area contributed by atoms with Crippen LogP contribution in [0.15, 0.2) is 70.6 Å².